The van der Waals surface area contributed by atoms with Crippen LogP contribution < -0.4 is 10.3 Å². The molecule has 200 valence electrons. The molecule has 4 aromatic carbocycles. The Morgan fingerprint density at radius 3 is 2.45 bits per heavy atom. The van der Waals surface area contributed by atoms with Gasteiger partial charge in [0.15, 0.2) is 0 Å². The molecule has 1 aliphatic heterocycles. The van der Waals surface area contributed by atoms with E-state index in [-0.39, 0.29) is 28.7 Å². The molecule has 40 heavy (non-hydrogen) atoms. The molecule has 8 nitrogen and oxygen atoms in total. The molecule has 0 spiro atoms. The number of nitriles is 1. The van der Waals surface area contributed by atoms with E-state index in [1.165, 1.54) is 18.2 Å². The number of aromatic hydroxyl groups is 1. The number of carbonyl (C=O) groups is 2. The molecule has 1 aliphatic rings. The predicted octanol–water partition coefficient (Wildman–Crippen LogP) is 4.73. The van der Waals surface area contributed by atoms with E-state index in [0.29, 0.717) is 31.7 Å². The Labute approximate surface area is 236 Å². The highest BCUT2D eigenvalue weighted by atomic mass is 35.5. The summed E-state index contributed by atoms with van der Waals surface area (Å²) in [6.07, 6.45) is 1.83. The van der Waals surface area contributed by atoms with Crippen molar-refractivity contribution in [3.8, 4) is 11.8 Å². The minimum absolute atomic E-state index is 0.0552. The number of amides is 2. The molecule has 0 saturated carbocycles. The molecule has 2 amide bonds. The summed E-state index contributed by atoms with van der Waals surface area (Å²) >= 11 is 5.89. The third-order valence-corrected chi connectivity index (χ3v) is 7.27. The van der Waals surface area contributed by atoms with E-state index in [0.717, 1.165) is 27.6 Å². The minimum Gasteiger partial charge on any atom is -0.506 e. The monoisotopic (exact) mass is 551 g/mol. The van der Waals surface area contributed by atoms with Gasteiger partial charge in [-0.1, -0.05) is 60.1 Å². The van der Waals surface area contributed by atoms with Gasteiger partial charge in [-0.15, -0.1) is 0 Å². The Hall–Kier alpha value is -4.87. The van der Waals surface area contributed by atoms with E-state index in [1.54, 1.807) is 6.21 Å². The van der Waals surface area contributed by atoms with Gasteiger partial charge < -0.3 is 14.9 Å². The third-order valence-electron chi connectivity index (χ3n) is 6.97. The molecule has 9 heteroatoms. The number of phenolic OH excluding ortho intramolecular Hbond substituents is 1. The number of benzene rings is 4. The van der Waals surface area contributed by atoms with Gasteiger partial charge in [0.05, 0.1) is 28.9 Å². The number of halogens is 1. The molecule has 1 saturated heterocycles. The quantitative estimate of drug-likeness (QED) is 0.266. The summed E-state index contributed by atoms with van der Waals surface area (Å²) in [5.41, 5.74) is 6.00. The van der Waals surface area contributed by atoms with Gasteiger partial charge in [0.2, 0.25) is 5.91 Å². The van der Waals surface area contributed by atoms with Crippen molar-refractivity contribution in [1.29, 1.82) is 5.26 Å². The number of carbonyl (C=O) groups excluding carboxylic acids is 2. The van der Waals surface area contributed by atoms with Crippen molar-refractivity contribution in [1.82, 2.24) is 10.3 Å². The second-order valence-electron chi connectivity index (χ2n) is 9.40. The zero-order valence-electron chi connectivity index (χ0n) is 21.5. The fraction of sp³-hybridized carbons (Fsp3) is 0.161. The van der Waals surface area contributed by atoms with E-state index in [4.69, 9.17) is 11.6 Å². The first kappa shape index (κ1) is 26.7. The Morgan fingerprint density at radius 2 is 1.70 bits per heavy atom. The average molecular weight is 552 g/mol. The highest BCUT2D eigenvalue weighted by Crippen LogP contribution is 2.25. The fourth-order valence-corrected chi connectivity index (χ4v) is 5.02. The predicted molar refractivity (Wildman–Crippen MR) is 156 cm³/mol. The lowest BCUT2D eigenvalue weighted by Crippen LogP contribution is -2.49. The molecule has 0 bridgehead atoms. The lowest BCUT2D eigenvalue weighted by molar-refractivity contribution is -0.130. The first-order valence-electron chi connectivity index (χ1n) is 12.8. The number of nitrogens with one attached hydrogen (secondary N) is 1. The lowest BCUT2D eigenvalue weighted by Gasteiger charge is -2.36. The summed E-state index contributed by atoms with van der Waals surface area (Å²) in [6.45, 7) is 2.52. The van der Waals surface area contributed by atoms with Crippen LogP contribution in [0.4, 0.5) is 5.69 Å². The average Bonchev–Trinajstić information content (AvgIpc) is 2.99. The minimum atomic E-state index is -0.458. The standard InChI is InChI=1S/C31H26ClN5O3/c32-27-17-22(11-12-29(27)38)31(40)35-34-20-24-10-9-21(25-6-2-3-7-26(24)25)18-30(39)37-15-13-36(14-16-37)28-8-4-1-5-23(28)19-33/h1-12,17,20,38H,13-16,18H2,(H,35,40). The maximum absolute atomic E-state index is 13.2. The van der Waals surface area contributed by atoms with Crippen LogP contribution in [0.2, 0.25) is 5.02 Å². The van der Waals surface area contributed by atoms with Crippen LogP contribution >= 0.6 is 11.6 Å². The molecule has 0 radical (unpaired) electrons. The Balaban J connectivity index is 1.25. The molecule has 4 aromatic rings. The van der Waals surface area contributed by atoms with Crippen LogP contribution in [-0.4, -0.2) is 54.2 Å². The highest BCUT2D eigenvalue weighted by molar-refractivity contribution is 6.32. The van der Waals surface area contributed by atoms with E-state index in [2.05, 4.69) is 21.5 Å². The van der Waals surface area contributed by atoms with Gasteiger partial charge in [0.1, 0.15) is 11.8 Å². The topological polar surface area (TPSA) is 109 Å². The second-order valence-corrected chi connectivity index (χ2v) is 9.81. The molecular formula is C31H26ClN5O3. The molecular weight excluding hydrogens is 526 g/mol. The van der Waals surface area contributed by atoms with Gasteiger partial charge in [-0.25, -0.2) is 5.43 Å². The summed E-state index contributed by atoms with van der Waals surface area (Å²) in [5, 5.41) is 25.0. The fourth-order valence-electron chi connectivity index (χ4n) is 4.84. The van der Waals surface area contributed by atoms with E-state index < -0.39 is 5.91 Å². The number of anilines is 1. The van der Waals surface area contributed by atoms with Crippen molar-refractivity contribution in [3.05, 3.63) is 106 Å². The number of piperazine rings is 1. The van der Waals surface area contributed by atoms with Crippen molar-refractivity contribution in [3.63, 3.8) is 0 Å². The summed E-state index contributed by atoms with van der Waals surface area (Å²) in [7, 11) is 0. The van der Waals surface area contributed by atoms with Crippen molar-refractivity contribution >= 4 is 46.1 Å². The van der Waals surface area contributed by atoms with Crippen LogP contribution in [0, 0.1) is 11.3 Å². The summed E-state index contributed by atoms with van der Waals surface area (Å²) < 4.78 is 0. The first-order valence-corrected chi connectivity index (χ1v) is 13.2. The van der Waals surface area contributed by atoms with Gasteiger partial charge in [-0.05, 0) is 46.7 Å². The maximum atomic E-state index is 13.2. The zero-order chi connectivity index (χ0) is 28.1. The van der Waals surface area contributed by atoms with Crippen LogP contribution in [0.3, 0.4) is 0 Å². The number of hydrogen-bond donors (Lipinski definition) is 2. The largest absolute Gasteiger partial charge is 0.506 e. The van der Waals surface area contributed by atoms with E-state index >= 15 is 0 Å². The van der Waals surface area contributed by atoms with Gasteiger partial charge in [0, 0.05) is 37.3 Å². The molecule has 0 aromatic heterocycles. The Kier molecular flexibility index (Phi) is 7.94. The second kappa shape index (κ2) is 11.9. The Bertz CT molecular complexity index is 1650. The van der Waals surface area contributed by atoms with Crippen LogP contribution in [0.15, 0.2) is 84.0 Å². The molecule has 1 heterocycles. The number of phenols is 1. The SMILES string of the molecule is N#Cc1ccccc1N1CCN(C(=O)Cc2ccc(C=NNC(=O)c3ccc(O)c(Cl)c3)c3ccccc23)CC1. The maximum Gasteiger partial charge on any atom is 0.271 e. The van der Waals surface area contributed by atoms with Gasteiger partial charge in [-0.3, -0.25) is 9.59 Å². The number of hydrogen-bond acceptors (Lipinski definition) is 6. The highest BCUT2D eigenvalue weighted by Gasteiger charge is 2.23. The number of nitrogens with zero attached hydrogens (tertiary/aromatic N) is 4. The van der Waals surface area contributed by atoms with Gasteiger partial charge in [0.25, 0.3) is 5.91 Å². The first-order chi connectivity index (χ1) is 19.4. The van der Waals surface area contributed by atoms with Crippen molar-refractivity contribution in [2.75, 3.05) is 31.1 Å². The van der Waals surface area contributed by atoms with Crippen LogP contribution in [0.5, 0.6) is 5.75 Å². The van der Waals surface area contributed by atoms with Crippen molar-refractivity contribution in [2.24, 2.45) is 5.10 Å². The molecule has 1 fully saturated rings. The van der Waals surface area contributed by atoms with Gasteiger partial charge in [-0.2, -0.15) is 10.4 Å². The summed E-state index contributed by atoms with van der Waals surface area (Å²) in [5.74, 6) is -0.504. The van der Waals surface area contributed by atoms with E-state index in [1.807, 2.05) is 65.6 Å². The molecule has 0 atom stereocenters. The molecule has 0 unspecified atom stereocenters. The molecule has 0 aliphatic carbocycles. The summed E-state index contributed by atoms with van der Waals surface area (Å²) in [6, 6.07) is 25.5. The van der Waals surface area contributed by atoms with E-state index in [9.17, 15) is 20.0 Å². The lowest BCUT2D eigenvalue weighted by atomic mass is 9.97. The molecule has 2 N–H and O–H groups in total. The number of para-hydroxylation sites is 1. The zero-order valence-corrected chi connectivity index (χ0v) is 22.3. The van der Waals surface area contributed by atoms with Crippen molar-refractivity contribution in [2.45, 2.75) is 6.42 Å². The van der Waals surface area contributed by atoms with Crippen LogP contribution in [0.1, 0.15) is 27.0 Å². The van der Waals surface area contributed by atoms with Gasteiger partial charge >= 0.3 is 0 Å². The summed E-state index contributed by atoms with van der Waals surface area (Å²) in [4.78, 5) is 29.7. The number of rotatable bonds is 6. The third kappa shape index (κ3) is 5.75. The number of hydrazone groups is 1. The Morgan fingerprint density at radius 1 is 0.975 bits per heavy atom. The van der Waals surface area contributed by atoms with Crippen molar-refractivity contribution < 1.29 is 14.7 Å². The smallest absolute Gasteiger partial charge is 0.271 e. The van der Waals surface area contributed by atoms with Crippen LogP contribution in [0.25, 0.3) is 10.8 Å². The number of fused-ring (bicyclic) bond motifs is 1. The van der Waals surface area contributed by atoms with Crippen LogP contribution in [-0.2, 0) is 11.2 Å². The molecule has 5 rings (SSSR count). The normalized spacial score (nSPS) is 13.4.